The third-order valence-corrected chi connectivity index (χ3v) is 2.21. The fourth-order valence-electron chi connectivity index (χ4n) is 0.949. The first kappa shape index (κ1) is 13.1. The molecule has 0 aliphatic rings. The average molecular weight is 261 g/mol. The van der Waals surface area contributed by atoms with Gasteiger partial charge in [0, 0.05) is 10.2 Å². The predicted molar refractivity (Wildman–Crippen MR) is 62.4 cm³/mol. The number of hydrogen-bond donors (Lipinski definition) is 2. The molecule has 0 saturated heterocycles. The van der Waals surface area contributed by atoms with Gasteiger partial charge in [-0.25, -0.2) is 4.39 Å². The Morgan fingerprint density at radius 3 is 2.29 bits per heavy atom. The number of hydrogen-bond acceptors (Lipinski definition) is 2. The lowest BCUT2D eigenvalue weighted by Crippen LogP contribution is -2.03. The summed E-state index contributed by atoms with van der Waals surface area (Å²) < 4.78 is 13.7. The van der Waals surface area contributed by atoms with Crippen LogP contribution in [0.2, 0.25) is 0 Å². The lowest BCUT2D eigenvalue weighted by atomic mass is 10.1. The molecule has 0 atom stereocenters. The average Bonchev–Trinajstić information content (AvgIpc) is 2.15. The maximum Gasteiger partial charge on any atom is 0.134 e. The third kappa shape index (κ3) is 2.80. The minimum Gasteiger partial charge on any atom is -0.397 e. The van der Waals surface area contributed by atoms with E-state index < -0.39 is 5.82 Å². The molecule has 0 heterocycles. The molecular weight excluding hydrogens is 247 g/mol. The number of anilines is 1. The van der Waals surface area contributed by atoms with Gasteiger partial charge in [-0.2, -0.15) is 0 Å². The fourth-order valence-corrected chi connectivity index (χ4v) is 1.28. The summed E-state index contributed by atoms with van der Waals surface area (Å²) in [5.41, 5.74) is 6.14. The van der Waals surface area contributed by atoms with E-state index >= 15 is 0 Å². The van der Waals surface area contributed by atoms with Gasteiger partial charge < -0.3 is 11.1 Å². The number of nitrogen functional groups attached to an aromatic ring is 1. The molecule has 0 radical (unpaired) electrons. The van der Waals surface area contributed by atoms with Crippen molar-refractivity contribution in [2.24, 2.45) is 0 Å². The van der Waals surface area contributed by atoms with E-state index in [0.29, 0.717) is 4.47 Å². The molecule has 0 amide bonds. The molecule has 0 aromatic heterocycles. The van der Waals surface area contributed by atoms with Crippen molar-refractivity contribution in [3.05, 3.63) is 28.0 Å². The highest BCUT2D eigenvalue weighted by Gasteiger charge is 2.10. The van der Waals surface area contributed by atoms with E-state index in [9.17, 15) is 4.39 Å². The van der Waals surface area contributed by atoms with Crippen LogP contribution in [0.3, 0.4) is 0 Å². The number of halogens is 2. The number of benzene rings is 1. The normalized spacial score (nSPS) is 8.93. The van der Waals surface area contributed by atoms with Crippen LogP contribution in [0.15, 0.2) is 16.6 Å². The van der Waals surface area contributed by atoms with E-state index in [4.69, 9.17) is 11.1 Å². The Balaban J connectivity index is 0.000000791. The summed E-state index contributed by atoms with van der Waals surface area (Å²) >= 11 is 3.16. The number of nitrogens with one attached hydrogen (secondary N) is 1. The van der Waals surface area contributed by atoms with Gasteiger partial charge in [-0.05, 0) is 35.0 Å². The van der Waals surface area contributed by atoms with E-state index in [0.717, 1.165) is 0 Å². The van der Waals surface area contributed by atoms with Crippen LogP contribution in [0.25, 0.3) is 0 Å². The zero-order chi connectivity index (χ0) is 11.3. The fraction of sp³-hybridized carbons (Fsp3) is 0.300. The van der Waals surface area contributed by atoms with Crippen molar-refractivity contribution in [1.82, 2.24) is 0 Å². The van der Waals surface area contributed by atoms with Crippen LogP contribution in [-0.2, 0) is 0 Å². The van der Waals surface area contributed by atoms with Gasteiger partial charge in [-0.15, -0.1) is 0 Å². The molecule has 0 bridgehead atoms. The van der Waals surface area contributed by atoms with Crippen LogP contribution in [0.1, 0.15) is 26.3 Å². The molecule has 1 aromatic carbocycles. The Labute approximate surface area is 92.0 Å². The molecule has 14 heavy (non-hydrogen) atoms. The van der Waals surface area contributed by atoms with Crippen molar-refractivity contribution in [1.29, 1.82) is 5.41 Å². The topological polar surface area (TPSA) is 49.9 Å². The SMILES string of the molecule is CC.CC(=N)c1c(F)ccc(Br)c1N. The van der Waals surface area contributed by atoms with Gasteiger partial charge in [0.25, 0.3) is 0 Å². The Morgan fingerprint density at radius 1 is 1.43 bits per heavy atom. The molecule has 0 unspecified atom stereocenters. The van der Waals surface area contributed by atoms with Gasteiger partial charge in [0.2, 0.25) is 0 Å². The molecular formula is C10H14BrFN2. The summed E-state index contributed by atoms with van der Waals surface area (Å²) in [7, 11) is 0. The Bertz CT molecular complexity index is 337. The second-order valence-electron chi connectivity index (χ2n) is 2.44. The third-order valence-electron chi connectivity index (χ3n) is 1.52. The first-order valence-electron chi connectivity index (χ1n) is 4.33. The van der Waals surface area contributed by atoms with Crippen molar-refractivity contribution in [2.75, 3.05) is 5.73 Å². The van der Waals surface area contributed by atoms with E-state index in [1.807, 2.05) is 13.8 Å². The van der Waals surface area contributed by atoms with Crippen LogP contribution in [0.5, 0.6) is 0 Å². The van der Waals surface area contributed by atoms with Crippen LogP contribution in [0, 0.1) is 11.2 Å². The molecule has 1 aromatic rings. The summed E-state index contributed by atoms with van der Waals surface area (Å²) in [5, 5.41) is 7.27. The Kier molecular flexibility index (Phi) is 5.38. The summed E-state index contributed by atoms with van der Waals surface area (Å²) in [4.78, 5) is 0. The smallest absolute Gasteiger partial charge is 0.134 e. The molecule has 2 nitrogen and oxygen atoms in total. The van der Waals surface area contributed by atoms with Gasteiger partial charge >= 0.3 is 0 Å². The highest BCUT2D eigenvalue weighted by atomic mass is 79.9. The predicted octanol–water partition coefficient (Wildman–Crippen LogP) is 3.58. The largest absolute Gasteiger partial charge is 0.397 e. The van der Waals surface area contributed by atoms with Crippen molar-refractivity contribution in [2.45, 2.75) is 20.8 Å². The monoisotopic (exact) mass is 260 g/mol. The van der Waals surface area contributed by atoms with Gasteiger partial charge in [0.15, 0.2) is 0 Å². The maximum absolute atomic E-state index is 13.0. The Hall–Kier alpha value is -0.900. The summed E-state index contributed by atoms with van der Waals surface area (Å²) in [6.07, 6.45) is 0. The zero-order valence-electron chi connectivity index (χ0n) is 8.49. The molecule has 0 spiro atoms. The molecule has 0 aliphatic carbocycles. The van der Waals surface area contributed by atoms with Crippen molar-refractivity contribution >= 4 is 27.3 Å². The minimum absolute atomic E-state index is 0.131. The highest BCUT2D eigenvalue weighted by Crippen LogP contribution is 2.25. The second kappa shape index (κ2) is 5.75. The van der Waals surface area contributed by atoms with Crippen molar-refractivity contribution in [3.63, 3.8) is 0 Å². The molecule has 0 aliphatic heterocycles. The summed E-state index contributed by atoms with van der Waals surface area (Å²) in [6.45, 7) is 5.50. The number of nitrogens with two attached hydrogens (primary N) is 1. The first-order valence-corrected chi connectivity index (χ1v) is 5.12. The Morgan fingerprint density at radius 2 is 1.93 bits per heavy atom. The zero-order valence-corrected chi connectivity index (χ0v) is 10.1. The van der Waals surface area contributed by atoms with Gasteiger partial charge in [0.05, 0.1) is 11.3 Å². The van der Waals surface area contributed by atoms with E-state index in [1.165, 1.54) is 19.1 Å². The highest BCUT2D eigenvalue weighted by molar-refractivity contribution is 9.10. The van der Waals surface area contributed by atoms with Crippen LogP contribution in [-0.4, -0.2) is 5.71 Å². The minimum atomic E-state index is -0.455. The van der Waals surface area contributed by atoms with E-state index in [2.05, 4.69) is 15.9 Å². The lowest BCUT2D eigenvalue weighted by molar-refractivity contribution is 0.625. The molecule has 3 N–H and O–H groups in total. The quantitative estimate of drug-likeness (QED) is 0.589. The molecule has 4 heteroatoms. The molecule has 1 rings (SSSR count). The lowest BCUT2D eigenvalue weighted by Gasteiger charge is -2.06. The molecule has 0 saturated carbocycles. The van der Waals surface area contributed by atoms with E-state index in [-0.39, 0.29) is 17.0 Å². The summed E-state index contributed by atoms with van der Waals surface area (Å²) in [6, 6.07) is 2.81. The van der Waals surface area contributed by atoms with Crippen molar-refractivity contribution in [3.8, 4) is 0 Å². The van der Waals surface area contributed by atoms with Crippen LogP contribution < -0.4 is 5.73 Å². The molecule has 0 fully saturated rings. The van der Waals surface area contributed by atoms with Crippen LogP contribution >= 0.6 is 15.9 Å². The van der Waals surface area contributed by atoms with E-state index in [1.54, 1.807) is 0 Å². The maximum atomic E-state index is 13.0. The number of rotatable bonds is 1. The summed E-state index contributed by atoms with van der Waals surface area (Å²) in [5.74, 6) is -0.455. The standard InChI is InChI=1S/C8H8BrFN2.C2H6/c1-4(11)7-6(10)3-2-5(9)8(7)12;1-2/h2-3,11H,12H2,1H3;1-2H3. The second-order valence-corrected chi connectivity index (χ2v) is 3.30. The van der Waals surface area contributed by atoms with Gasteiger partial charge in [0.1, 0.15) is 5.82 Å². The van der Waals surface area contributed by atoms with Gasteiger partial charge in [-0.1, -0.05) is 13.8 Å². The van der Waals surface area contributed by atoms with Crippen LogP contribution in [0.4, 0.5) is 10.1 Å². The first-order chi connectivity index (χ1) is 6.54. The van der Waals surface area contributed by atoms with Crippen molar-refractivity contribution < 1.29 is 4.39 Å². The van der Waals surface area contributed by atoms with Gasteiger partial charge in [-0.3, -0.25) is 0 Å². The molecule has 78 valence electrons.